The highest BCUT2D eigenvalue weighted by molar-refractivity contribution is 5.53. The van der Waals surface area contributed by atoms with Crippen LogP contribution in [0.3, 0.4) is 0 Å². The second kappa shape index (κ2) is 4.84. The summed E-state index contributed by atoms with van der Waals surface area (Å²) in [6.45, 7) is 0.228. The molecule has 0 N–H and O–H groups in total. The summed E-state index contributed by atoms with van der Waals surface area (Å²) in [5, 5.41) is 6.17. The number of hydrogen-bond acceptors (Lipinski definition) is 4. The number of hydrogen-bond donors (Lipinski definition) is 0. The minimum atomic E-state index is 0.228. The lowest BCUT2D eigenvalue weighted by Gasteiger charge is -2.03. The number of rotatable bonds is 4. The Kier molecular flexibility index (Phi) is 3.46. The Morgan fingerprint density at radius 3 is 2.93 bits per heavy atom. The lowest BCUT2D eigenvalue weighted by molar-refractivity contribution is 0.415. The summed E-state index contributed by atoms with van der Waals surface area (Å²) in [5.74, 6) is 0.380. The molecule has 6 nitrogen and oxygen atoms in total. The molecule has 0 aliphatic heterocycles. The molecule has 0 aromatic heterocycles. The van der Waals surface area contributed by atoms with Gasteiger partial charge in [-0.15, -0.1) is 4.91 Å². The van der Waals surface area contributed by atoms with Crippen LogP contribution < -0.4 is 4.74 Å². The van der Waals surface area contributed by atoms with Crippen molar-refractivity contribution < 1.29 is 4.74 Å². The molecule has 1 aromatic rings. The monoisotopic (exact) mass is 192 g/mol. The van der Waals surface area contributed by atoms with E-state index in [4.69, 9.17) is 10.3 Å². The molecule has 0 aliphatic rings. The normalized spacial score (nSPS) is 8.93. The van der Waals surface area contributed by atoms with Crippen LogP contribution in [-0.4, -0.2) is 7.11 Å². The third kappa shape index (κ3) is 2.21. The van der Waals surface area contributed by atoms with E-state index in [2.05, 4.69) is 15.2 Å². The first kappa shape index (κ1) is 10.0. The third-order valence-corrected chi connectivity index (χ3v) is 1.66. The van der Waals surface area contributed by atoms with Gasteiger partial charge in [0.1, 0.15) is 11.4 Å². The summed E-state index contributed by atoms with van der Waals surface area (Å²) in [6, 6.07) is 4.80. The number of nitrogens with zero attached hydrogens (tertiary/aromatic N) is 4. The first-order valence-corrected chi connectivity index (χ1v) is 3.83. The minimum Gasteiger partial charge on any atom is -0.494 e. The molecule has 0 radical (unpaired) electrons. The fourth-order valence-electron chi connectivity index (χ4n) is 1.01. The number of methoxy groups -OCH3 is 1. The quantitative estimate of drug-likeness (QED) is 0.317. The van der Waals surface area contributed by atoms with Crippen LogP contribution in [0.1, 0.15) is 5.56 Å². The highest BCUT2D eigenvalue weighted by atomic mass is 16.5. The van der Waals surface area contributed by atoms with Crippen LogP contribution in [0.25, 0.3) is 10.4 Å². The van der Waals surface area contributed by atoms with E-state index in [1.807, 2.05) is 0 Å². The molecule has 0 saturated heterocycles. The maximum absolute atomic E-state index is 10.3. The molecule has 1 aromatic carbocycles. The molecule has 0 atom stereocenters. The summed E-state index contributed by atoms with van der Waals surface area (Å²) in [4.78, 5) is 12.9. The Bertz CT molecular complexity index is 385. The topological polar surface area (TPSA) is 87.4 Å². The van der Waals surface area contributed by atoms with Crippen molar-refractivity contribution >= 4 is 5.69 Å². The van der Waals surface area contributed by atoms with Crippen LogP contribution in [-0.2, 0) is 6.54 Å². The van der Waals surface area contributed by atoms with Gasteiger partial charge in [0.2, 0.25) is 0 Å². The molecular formula is C8H8N4O2. The first-order valence-electron chi connectivity index (χ1n) is 3.83. The number of azide groups is 1. The van der Waals surface area contributed by atoms with Crippen LogP contribution >= 0.6 is 0 Å². The van der Waals surface area contributed by atoms with Gasteiger partial charge in [-0.1, -0.05) is 11.2 Å². The number of benzene rings is 1. The van der Waals surface area contributed by atoms with E-state index >= 15 is 0 Å². The Labute approximate surface area is 80.1 Å². The fraction of sp³-hybridized carbons (Fsp3) is 0.250. The van der Waals surface area contributed by atoms with Gasteiger partial charge in [-0.05, 0) is 28.4 Å². The molecule has 0 spiro atoms. The smallest absolute Gasteiger partial charge is 0.149 e. The van der Waals surface area contributed by atoms with Crippen molar-refractivity contribution in [2.45, 2.75) is 6.54 Å². The lowest BCUT2D eigenvalue weighted by Crippen LogP contribution is -1.86. The summed E-state index contributed by atoms with van der Waals surface area (Å²) >= 11 is 0. The van der Waals surface area contributed by atoms with Crippen molar-refractivity contribution in [2.24, 2.45) is 10.3 Å². The first-order chi connectivity index (χ1) is 6.81. The second-order valence-corrected chi connectivity index (χ2v) is 2.49. The predicted octanol–water partition coefficient (Wildman–Crippen LogP) is 2.90. The molecule has 0 aliphatic carbocycles. The molecule has 0 fully saturated rings. The molecule has 1 rings (SSSR count). The zero-order valence-electron chi connectivity index (χ0n) is 7.54. The van der Waals surface area contributed by atoms with Gasteiger partial charge in [0.15, 0.2) is 0 Å². The van der Waals surface area contributed by atoms with Gasteiger partial charge in [-0.2, -0.15) is 0 Å². The highest BCUT2D eigenvalue weighted by Crippen LogP contribution is 2.28. The molecule has 0 saturated carbocycles. The average Bonchev–Trinajstić information content (AvgIpc) is 2.25. The van der Waals surface area contributed by atoms with Gasteiger partial charge in [0.25, 0.3) is 0 Å². The summed E-state index contributed by atoms with van der Waals surface area (Å²) in [7, 11) is 1.45. The molecule has 14 heavy (non-hydrogen) atoms. The van der Waals surface area contributed by atoms with Gasteiger partial charge >= 0.3 is 0 Å². The SMILES string of the molecule is COc1cc(CN=[N+]=[N-])ccc1N=O. The standard InChI is InChI=1S/C8H8N4O2/c1-14-8-4-6(5-10-12-9)2-3-7(8)11-13/h2-4H,5H2,1H3. The van der Waals surface area contributed by atoms with Gasteiger partial charge in [-0.3, -0.25) is 0 Å². The third-order valence-electron chi connectivity index (χ3n) is 1.66. The van der Waals surface area contributed by atoms with Crippen LogP contribution in [0.15, 0.2) is 28.5 Å². The molecule has 0 amide bonds. The molecule has 0 heterocycles. The zero-order chi connectivity index (χ0) is 10.4. The van der Waals surface area contributed by atoms with Gasteiger partial charge in [0.05, 0.1) is 13.7 Å². The van der Waals surface area contributed by atoms with Crippen LogP contribution in [0.4, 0.5) is 5.69 Å². The van der Waals surface area contributed by atoms with E-state index in [9.17, 15) is 4.91 Å². The maximum Gasteiger partial charge on any atom is 0.149 e. The van der Waals surface area contributed by atoms with E-state index < -0.39 is 0 Å². The van der Waals surface area contributed by atoms with E-state index in [1.54, 1.807) is 12.1 Å². The average molecular weight is 192 g/mol. The molecule has 6 heteroatoms. The van der Waals surface area contributed by atoms with Crippen molar-refractivity contribution in [3.63, 3.8) is 0 Å². The van der Waals surface area contributed by atoms with Crippen LogP contribution in [0.2, 0.25) is 0 Å². The number of nitroso groups, excluding NO2 is 1. The van der Waals surface area contributed by atoms with Crippen molar-refractivity contribution in [2.75, 3.05) is 7.11 Å². The summed E-state index contributed by atoms with van der Waals surface area (Å²) in [5.41, 5.74) is 9.12. The number of ether oxygens (including phenoxy) is 1. The lowest BCUT2D eigenvalue weighted by atomic mass is 10.2. The van der Waals surface area contributed by atoms with Gasteiger partial charge in [0, 0.05) is 4.91 Å². The zero-order valence-corrected chi connectivity index (χ0v) is 7.54. The van der Waals surface area contributed by atoms with Crippen LogP contribution in [0.5, 0.6) is 5.75 Å². The Balaban J connectivity index is 3.00. The van der Waals surface area contributed by atoms with Gasteiger partial charge in [-0.25, -0.2) is 0 Å². The largest absolute Gasteiger partial charge is 0.494 e. The highest BCUT2D eigenvalue weighted by Gasteiger charge is 2.03. The Hall–Kier alpha value is -2.07. The predicted molar refractivity (Wildman–Crippen MR) is 51.3 cm³/mol. The molecule has 72 valence electrons. The molecule has 0 unspecified atom stereocenters. The maximum atomic E-state index is 10.3. The summed E-state index contributed by atoms with van der Waals surface area (Å²) in [6.07, 6.45) is 0. The molecule has 0 bridgehead atoms. The molecular weight excluding hydrogens is 184 g/mol. The van der Waals surface area contributed by atoms with Crippen LogP contribution in [0, 0.1) is 4.91 Å². The van der Waals surface area contributed by atoms with Crippen molar-refractivity contribution in [1.29, 1.82) is 0 Å². The van der Waals surface area contributed by atoms with Gasteiger partial charge < -0.3 is 4.74 Å². The van der Waals surface area contributed by atoms with E-state index in [0.29, 0.717) is 5.75 Å². The van der Waals surface area contributed by atoms with E-state index in [1.165, 1.54) is 13.2 Å². The Morgan fingerprint density at radius 2 is 2.36 bits per heavy atom. The van der Waals surface area contributed by atoms with E-state index in [-0.39, 0.29) is 12.2 Å². The van der Waals surface area contributed by atoms with E-state index in [0.717, 1.165) is 5.56 Å². The Morgan fingerprint density at radius 1 is 1.57 bits per heavy atom. The fourth-order valence-corrected chi connectivity index (χ4v) is 1.01. The van der Waals surface area contributed by atoms with Crippen molar-refractivity contribution in [3.8, 4) is 5.75 Å². The van der Waals surface area contributed by atoms with Crippen molar-refractivity contribution in [3.05, 3.63) is 39.1 Å². The minimum absolute atomic E-state index is 0.228. The summed E-state index contributed by atoms with van der Waals surface area (Å²) < 4.78 is 4.93. The van der Waals surface area contributed by atoms with Crippen molar-refractivity contribution in [1.82, 2.24) is 0 Å². The second-order valence-electron chi connectivity index (χ2n) is 2.49.